The van der Waals surface area contributed by atoms with Crippen molar-refractivity contribution in [1.29, 1.82) is 0 Å². The number of alkyl halides is 2. The highest BCUT2D eigenvalue weighted by molar-refractivity contribution is 9.10. The van der Waals surface area contributed by atoms with Crippen LogP contribution in [0.5, 0.6) is 5.75 Å². The molecule has 0 amide bonds. The molecule has 2 N–H and O–H groups in total. The van der Waals surface area contributed by atoms with E-state index in [1.165, 1.54) is 13.2 Å². The molecule has 3 nitrogen and oxygen atoms in total. The third-order valence-electron chi connectivity index (χ3n) is 1.70. The highest BCUT2D eigenvalue weighted by Crippen LogP contribution is 2.30. The van der Waals surface area contributed by atoms with Crippen molar-refractivity contribution in [2.75, 3.05) is 7.11 Å². The second-order valence-corrected chi connectivity index (χ2v) is 3.27. The summed E-state index contributed by atoms with van der Waals surface area (Å²) in [6.07, 6.45) is -2.59. The van der Waals surface area contributed by atoms with Crippen LogP contribution in [0.3, 0.4) is 0 Å². The number of hydrogen-bond acceptors (Lipinski definition) is 3. The zero-order valence-corrected chi connectivity index (χ0v) is 9.01. The van der Waals surface area contributed by atoms with Gasteiger partial charge in [0, 0.05) is 12.1 Å². The molecule has 0 aliphatic carbocycles. The first-order valence-corrected chi connectivity index (χ1v) is 4.61. The molecule has 0 aliphatic rings. The van der Waals surface area contributed by atoms with Crippen molar-refractivity contribution in [2.24, 2.45) is 5.73 Å². The molecule has 0 aliphatic heterocycles. The van der Waals surface area contributed by atoms with Crippen LogP contribution in [0.4, 0.5) is 8.78 Å². The van der Waals surface area contributed by atoms with Crippen molar-refractivity contribution in [2.45, 2.75) is 13.0 Å². The van der Waals surface area contributed by atoms with E-state index in [1.807, 2.05) is 0 Å². The fraction of sp³-hybridized carbons (Fsp3) is 0.375. The van der Waals surface area contributed by atoms with Gasteiger partial charge in [-0.25, -0.2) is 13.8 Å². The van der Waals surface area contributed by atoms with Gasteiger partial charge in [-0.15, -0.1) is 0 Å². The number of nitrogens with zero attached hydrogens (tertiary/aromatic N) is 1. The number of pyridine rings is 1. The maximum absolute atomic E-state index is 12.5. The Morgan fingerprint density at radius 2 is 2.29 bits per heavy atom. The van der Waals surface area contributed by atoms with E-state index in [-0.39, 0.29) is 23.6 Å². The van der Waals surface area contributed by atoms with Crippen LogP contribution >= 0.6 is 15.9 Å². The molecular formula is C8H9BrF2N2O. The van der Waals surface area contributed by atoms with Crippen molar-refractivity contribution in [3.8, 4) is 5.75 Å². The number of nitrogens with two attached hydrogens (primary N) is 1. The van der Waals surface area contributed by atoms with Gasteiger partial charge in [-0.3, -0.25) is 0 Å². The molecule has 0 atom stereocenters. The second-order valence-electron chi connectivity index (χ2n) is 2.52. The second kappa shape index (κ2) is 4.65. The third-order valence-corrected chi connectivity index (χ3v) is 2.27. The summed E-state index contributed by atoms with van der Waals surface area (Å²) in [5.74, 6) is 0.275. The predicted molar refractivity (Wildman–Crippen MR) is 51.3 cm³/mol. The molecule has 1 aromatic rings. The quantitative estimate of drug-likeness (QED) is 0.854. The highest BCUT2D eigenvalue weighted by Gasteiger charge is 2.16. The van der Waals surface area contributed by atoms with E-state index in [2.05, 4.69) is 20.9 Å². The molecule has 6 heteroatoms. The van der Waals surface area contributed by atoms with Gasteiger partial charge in [0.1, 0.15) is 4.60 Å². The Morgan fingerprint density at radius 3 is 2.71 bits per heavy atom. The monoisotopic (exact) mass is 266 g/mol. The van der Waals surface area contributed by atoms with Gasteiger partial charge in [-0.05, 0) is 22.0 Å². The lowest BCUT2D eigenvalue weighted by molar-refractivity contribution is 0.149. The van der Waals surface area contributed by atoms with Gasteiger partial charge in [-0.1, -0.05) is 0 Å². The van der Waals surface area contributed by atoms with Gasteiger partial charge in [-0.2, -0.15) is 0 Å². The molecule has 0 aromatic carbocycles. The van der Waals surface area contributed by atoms with Crippen molar-refractivity contribution in [3.05, 3.63) is 21.9 Å². The summed E-state index contributed by atoms with van der Waals surface area (Å²) < 4.78 is 30.2. The first-order valence-electron chi connectivity index (χ1n) is 3.81. The topological polar surface area (TPSA) is 48.1 Å². The van der Waals surface area contributed by atoms with E-state index in [1.54, 1.807) is 0 Å². The van der Waals surface area contributed by atoms with Crippen molar-refractivity contribution >= 4 is 15.9 Å². The molecule has 0 spiro atoms. The standard InChI is InChI=1S/C8H9BrF2N2O/c1-14-6-2-4(8(10)11)5(3-12)13-7(6)9/h2,8H,3,12H2,1H3. The Labute approximate surface area is 88.4 Å². The van der Waals surface area contributed by atoms with E-state index in [4.69, 9.17) is 10.5 Å². The van der Waals surface area contributed by atoms with Crippen LogP contribution in [0.25, 0.3) is 0 Å². The Kier molecular flexibility index (Phi) is 3.77. The lowest BCUT2D eigenvalue weighted by Crippen LogP contribution is -2.06. The Bertz CT molecular complexity index is 333. The van der Waals surface area contributed by atoms with E-state index < -0.39 is 6.43 Å². The largest absolute Gasteiger partial charge is 0.494 e. The molecule has 1 aromatic heterocycles. The molecule has 0 radical (unpaired) electrons. The average Bonchev–Trinajstić information content (AvgIpc) is 2.16. The molecular weight excluding hydrogens is 258 g/mol. The molecule has 78 valence electrons. The molecule has 0 unspecified atom stereocenters. The Morgan fingerprint density at radius 1 is 1.64 bits per heavy atom. The summed E-state index contributed by atoms with van der Waals surface area (Å²) in [7, 11) is 1.39. The highest BCUT2D eigenvalue weighted by atomic mass is 79.9. The summed E-state index contributed by atoms with van der Waals surface area (Å²) in [4.78, 5) is 3.87. The minimum atomic E-state index is -2.59. The van der Waals surface area contributed by atoms with Crippen LogP contribution in [-0.2, 0) is 6.54 Å². The van der Waals surface area contributed by atoms with Crippen LogP contribution in [0.2, 0.25) is 0 Å². The molecule has 0 bridgehead atoms. The van der Waals surface area contributed by atoms with Gasteiger partial charge in [0.15, 0.2) is 5.75 Å². The van der Waals surface area contributed by atoms with Crippen molar-refractivity contribution < 1.29 is 13.5 Å². The number of aromatic nitrogens is 1. The summed E-state index contributed by atoms with van der Waals surface area (Å²) >= 11 is 3.09. The molecule has 0 fully saturated rings. The van der Waals surface area contributed by atoms with Gasteiger partial charge >= 0.3 is 0 Å². The normalized spacial score (nSPS) is 10.7. The van der Waals surface area contributed by atoms with Crippen molar-refractivity contribution in [1.82, 2.24) is 4.98 Å². The third kappa shape index (κ3) is 2.19. The SMILES string of the molecule is COc1cc(C(F)F)c(CN)nc1Br. The average molecular weight is 267 g/mol. The number of hydrogen-bond donors (Lipinski definition) is 1. The summed E-state index contributed by atoms with van der Waals surface area (Å²) in [5, 5.41) is 0. The van der Waals surface area contributed by atoms with E-state index in [0.29, 0.717) is 4.60 Å². The molecule has 1 rings (SSSR count). The van der Waals surface area contributed by atoms with Crippen LogP contribution in [0, 0.1) is 0 Å². The van der Waals surface area contributed by atoms with Crippen LogP contribution in [0.1, 0.15) is 17.7 Å². The Hall–Kier alpha value is -0.750. The zero-order chi connectivity index (χ0) is 10.7. The number of rotatable bonds is 3. The lowest BCUT2D eigenvalue weighted by Gasteiger charge is -2.09. The first kappa shape index (κ1) is 11.3. The minimum Gasteiger partial charge on any atom is -0.494 e. The fourth-order valence-electron chi connectivity index (χ4n) is 1.02. The summed E-state index contributed by atoms with van der Waals surface area (Å²) in [6.45, 7) is -0.0255. The van der Waals surface area contributed by atoms with Gasteiger partial charge in [0.2, 0.25) is 0 Å². The van der Waals surface area contributed by atoms with E-state index in [0.717, 1.165) is 0 Å². The van der Waals surface area contributed by atoms with Gasteiger partial charge < -0.3 is 10.5 Å². The van der Waals surface area contributed by atoms with Crippen LogP contribution < -0.4 is 10.5 Å². The zero-order valence-electron chi connectivity index (χ0n) is 7.43. The minimum absolute atomic E-state index is 0.0255. The maximum Gasteiger partial charge on any atom is 0.265 e. The van der Waals surface area contributed by atoms with Gasteiger partial charge in [0.05, 0.1) is 12.8 Å². The molecule has 0 saturated heterocycles. The molecule has 0 saturated carbocycles. The summed E-state index contributed by atoms with van der Waals surface area (Å²) in [5.41, 5.74) is 5.28. The maximum atomic E-state index is 12.5. The van der Waals surface area contributed by atoms with E-state index >= 15 is 0 Å². The van der Waals surface area contributed by atoms with Crippen LogP contribution in [0.15, 0.2) is 10.7 Å². The lowest BCUT2D eigenvalue weighted by atomic mass is 10.2. The summed E-state index contributed by atoms with van der Waals surface area (Å²) in [6, 6.07) is 1.24. The first-order chi connectivity index (χ1) is 6.60. The van der Waals surface area contributed by atoms with Gasteiger partial charge in [0.25, 0.3) is 6.43 Å². The molecule has 14 heavy (non-hydrogen) atoms. The van der Waals surface area contributed by atoms with E-state index in [9.17, 15) is 8.78 Å². The Balaban J connectivity index is 3.25. The van der Waals surface area contributed by atoms with Crippen molar-refractivity contribution in [3.63, 3.8) is 0 Å². The van der Waals surface area contributed by atoms with Crippen LogP contribution in [-0.4, -0.2) is 12.1 Å². The number of methoxy groups -OCH3 is 1. The number of halogens is 3. The number of ether oxygens (including phenoxy) is 1. The molecule has 1 heterocycles. The predicted octanol–water partition coefficient (Wildman–Crippen LogP) is 2.25. The smallest absolute Gasteiger partial charge is 0.265 e. The fourth-order valence-corrected chi connectivity index (χ4v) is 1.51.